The number of fused-ring (bicyclic) bond motifs is 1. The summed E-state index contributed by atoms with van der Waals surface area (Å²) >= 11 is 0. The van der Waals surface area contributed by atoms with Crippen molar-refractivity contribution in [2.75, 3.05) is 5.32 Å². The summed E-state index contributed by atoms with van der Waals surface area (Å²) in [6, 6.07) is 7.27. The first-order valence-electron chi connectivity index (χ1n) is 9.21. The Hall–Kier alpha value is -1.55. The highest BCUT2D eigenvalue weighted by Crippen LogP contribution is 2.36. The first kappa shape index (κ1) is 17.3. The van der Waals surface area contributed by atoms with E-state index in [0.29, 0.717) is 12.1 Å². The van der Waals surface area contributed by atoms with E-state index in [1.165, 1.54) is 30.4 Å². The second-order valence-electron chi connectivity index (χ2n) is 8.28. The average Bonchev–Trinajstić information content (AvgIpc) is 2.76. The standard InChI is InChI=1S/C20H30N2O2/c1-13(14-6-5-7-14)21-18-11-8-15-12-16(9-10-17(15)18)22-19(23)24-20(2,3)4/h9-10,12-14,18,21H,5-8,11H2,1-4H3,(H,22,23). The van der Waals surface area contributed by atoms with Crippen LogP contribution in [0.25, 0.3) is 0 Å². The van der Waals surface area contributed by atoms with Crippen LogP contribution in [0.5, 0.6) is 0 Å². The van der Waals surface area contributed by atoms with Crippen LogP contribution in [-0.2, 0) is 11.2 Å². The Bertz CT molecular complexity index is 602. The molecule has 4 nitrogen and oxygen atoms in total. The largest absolute Gasteiger partial charge is 0.444 e. The van der Waals surface area contributed by atoms with Crippen LogP contribution >= 0.6 is 0 Å². The molecular formula is C20H30N2O2. The van der Waals surface area contributed by atoms with Gasteiger partial charge in [-0.05, 0) is 82.6 Å². The summed E-state index contributed by atoms with van der Waals surface area (Å²) in [7, 11) is 0. The molecule has 2 atom stereocenters. The third kappa shape index (κ3) is 4.10. The van der Waals surface area contributed by atoms with Crippen LogP contribution in [0.15, 0.2) is 18.2 Å². The number of carbonyl (C=O) groups excluding carboxylic acids is 1. The Kier molecular flexibility index (Phi) is 4.86. The number of hydrogen-bond donors (Lipinski definition) is 2. The van der Waals surface area contributed by atoms with E-state index >= 15 is 0 Å². The number of aryl methyl sites for hydroxylation is 1. The minimum absolute atomic E-state index is 0.395. The van der Waals surface area contributed by atoms with E-state index in [0.717, 1.165) is 24.4 Å². The molecule has 132 valence electrons. The Morgan fingerprint density at radius 1 is 1.25 bits per heavy atom. The number of carbonyl (C=O) groups is 1. The first-order chi connectivity index (χ1) is 11.3. The summed E-state index contributed by atoms with van der Waals surface area (Å²) in [5.74, 6) is 0.849. The number of amides is 1. The van der Waals surface area contributed by atoms with Gasteiger partial charge in [-0.15, -0.1) is 0 Å². The molecule has 0 bridgehead atoms. The van der Waals surface area contributed by atoms with Gasteiger partial charge in [-0.25, -0.2) is 4.79 Å². The normalized spacial score (nSPS) is 21.8. The Balaban J connectivity index is 1.61. The summed E-state index contributed by atoms with van der Waals surface area (Å²) in [5, 5.41) is 6.65. The molecule has 1 aromatic rings. The maximum atomic E-state index is 11.9. The predicted octanol–water partition coefficient (Wildman–Crippen LogP) is 4.80. The molecule has 1 amide bonds. The quantitative estimate of drug-likeness (QED) is 0.834. The fraction of sp³-hybridized carbons (Fsp3) is 0.650. The summed E-state index contributed by atoms with van der Waals surface area (Å²) in [6.45, 7) is 7.93. The number of anilines is 1. The molecule has 1 fully saturated rings. The molecule has 3 rings (SSSR count). The molecule has 24 heavy (non-hydrogen) atoms. The number of ether oxygens (including phenoxy) is 1. The van der Waals surface area contributed by atoms with Crippen LogP contribution < -0.4 is 10.6 Å². The molecule has 2 unspecified atom stereocenters. The minimum atomic E-state index is -0.479. The van der Waals surface area contributed by atoms with E-state index < -0.39 is 11.7 Å². The van der Waals surface area contributed by atoms with Gasteiger partial charge in [-0.1, -0.05) is 12.5 Å². The molecule has 0 radical (unpaired) electrons. The Labute approximate surface area is 145 Å². The molecule has 2 aliphatic rings. The number of nitrogens with one attached hydrogen (secondary N) is 2. The van der Waals surface area contributed by atoms with Crippen LogP contribution in [0.2, 0.25) is 0 Å². The summed E-state index contributed by atoms with van der Waals surface area (Å²) in [6.07, 6.45) is 5.93. The van der Waals surface area contributed by atoms with Gasteiger partial charge in [-0.3, -0.25) is 5.32 Å². The van der Waals surface area contributed by atoms with Crippen LogP contribution in [0, 0.1) is 5.92 Å². The second-order valence-corrected chi connectivity index (χ2v) is 8.28. The average molecular weight is 330 g/mol. The van der Waals surface area contributed by atoms with Crippen molar-refractivity contribution in [2.24, 2.45) is 5.92 Å². The van der Waals surface area contributed by atoms with Crippen LogP contribution in [0.4, 0.5) is 10.5 Å². The van der Waals surface area contributed by atoms with Gasteiger partial charge < -0.3 is 10.1 Å². The van der Waals surface area contributed by atoms with Crippen LogP contribution in [0.3, 0.4) is 0 Å². The van der Waals surface area contributed by atoms with Gasteiger partial charge in [0.05, 0.1) is 0 Å². The summed E-state index contributed by atoms with van der Waals surface area (Å²) in [5.41, 5.74) is 3.06. The van der Waals surface area contributed by atoms with E-state index in [-0.39, 0.29) is 0 Å². The maximum Gasteiger partial charge on any atom is 0.412 e. The molecule has 1 saturated carbocycles. The van der Waals surface area contributed by atoms with Crippen molar-refractivity contribution in [2.45, 2.75) is 77.5 Å². The molecule has 0 heterocycles. The molecule has 0 spiro atoms. The lowest BCUT2D eigenvalue weighted by Gasteiger charge is -2.34. The van der Waals surface area contributed by atoms with E-state index in [9.17, 15) is 4.79 Å². The van der Waals surface area contributed by atoms with E-state index in [1.54, 1.807) is 0 Å². The van der Waals surface area contributed by atoms with Gasteiger partial charge in [0.15, 0.2) is 0 Å². The van der Waals surface area contributed by atoms with Gasteiger partial charge in [-0.2, -0.15) is 0 Å². The molecule has 0 aliphatic heterocycles. The Morgan fingerprint density at radius 3 is 2.62 bits per heavy atom. The summed E-state index contributed by atoms with van der Waals surface area (Å²) < 4.78 is 5.32. The smallest absolute Gasteiger partial charge is 0.412 e. The SMILES string of the molecule is CC(NC1CCc2cc(NC(=O)OC(C)(C)C)ccc21)C1CCC1. The first-order valence-corrected chi connectivity index (χ1v) is 9.21. The monoisotopic (exact) mass is 330 g/mol. The van der Waals surface area contributed by atoms with Crippen molar-refractivity contribution in [1.29, 1.82) is 0 Å². The van der Waals surface area contributed by atoms with Crippen molar-refractivity contribution in [3.8, 4) is 0 Å². The Morgan fingerprint density at radius 2 is 2.00 bits per heavy atom. The van der Waals surface area contributed by atoms with Crippen molar-refractivity contribution in [3.05, 3.63) is 29.3 Å². The predicted molar refractivity (Wildman–Crippen MR) is 97.3 cm³/mol. The van der Waals surface area contributed by atoms with Gasteiger partial charge in [0.25, 0.3) is 0 Å². The van der Waals surface area contributed by atoms with E-state index in [1.807, 2.05) is 26.8 Å². The van der Waals surface area contributed by atoms with Crippen LogP contribution in [0.1, 0.15) is 70.5 Å². The highest BCUT2D eigenvalue weighted by Gasteiger charge is 2.29. The lowest BCUT2D eigenvalue weighted by molar-refractivity contribution is 0.0636. The van der Waals surface area contributed by atoms with Gasteiger partial charge in [0, 0.05) is 17.8 Å². The second kappa shape index (κ2) is 6.75. The van der Waals surface area contributed by atoms with Crippen molar-refractivity contribution < 1.29 is 9.53 Å². The molecule has 2 aliphatic carbocycles. The fourth-order valence-corrected chi connectivity index (χ4v) is 3.68. The molecule has 2 N–H and O–H groups in total. The molecule has 0 saturated heterocycles. The van der Waals surface area contributed by atoms with Gasteiger partial charge in [0.1, 0.15) is 5.60 Å². The van der Waals surface area contributed by atoms with Crippen LogP contribution in [-0.4, -0.2) is 17.7 Å². The maximum absolute atomic E-state index is 11.9. The third-order valence-electron chi connectivity index (χ3n) is 5.19. The van der Waals surface area contributed by atoms with E-state index in [4.69, 9.17) is 4.74 Å². The van der Waals surface area contributed by atoms with E-state index in [2.05, 4.69) is 29.7 Å². The summed E-state index contributed by atoms with van der Waals surface area (Å²) in [4.78, 5) is 11.9. The zero-order chi connectivity index (χ0) is 17.3. The lowest BCUT2D eigenvalue weighted by Crippen LogP contribution is -2.38. The number of rotatable bonds is 4. The zero-order valence-corrected chi connectivity index (χ0v) is 15.3. The van der Waals surface area contributed by atoms with Gasteiger partial charge >= 0.3 is 6.09 Å². The topological polar surface area (TPSA) is 50.4 Å². The minimum Gasteiger partial charge on any atom is -0.444 e. The zero-order valence-electron chi connectivity index (χ0n) is 15.3. The molecule has 4 heteroatoms. The molecule has 0 aromatic heterocycles. The highest BCUT2D eigenvalue weighted by molar-refractivity contribution is 5.85. The number of benzene rings is 1. The lowest BCUT2D eigenvalue weighted by atomic mass is 9.80. The van der Waals surface area contributed by atoms with Crippen molar-refractivity contribution in [1.82, 2.24) is 5.32 Å². The van der Waals surface area contributed by atoms with Crippen molar-refractivity contribution >= 4 is 11.8 Å². The third-order valence-corrected chi connectivity index (χ3v) is 5.19. The molecular weight excluding hydrogens is 300 g/mol. The number of hydrogen-bond acceptors (Lipinski definition) is 3. The van der Waals surface area contributed by atoms with Gasteiger partial charge in [0.2, 0.25) is 0 Å². The van der Waals surface area contributed by atoms with Crippen molar-refractivity contribution in [3.63, 3.8) is 0 Å². The molecule has 1 aromatic carbocycles. The highest BCUT2D eigenvalue weighted by atomic mass is 16.6. The fourth-order valence-electron chi connectivity index (χ4n) is 3.68.